The molecule has 1 aromatic heterocycles. The Morgan fingerprint density at radius 1 is 0.667 bits per heavy atom. The molecule has 0 saturated heterocycles. The summed E-state index contributed by atoms with van der Waals surface area (Å²) >= 11 is 1.66. The van der Waals surface area contributed by atoms with Gasteiger partial charge in [-0.1, -0.05) is 48.5 Å². The van der Waals surface area contributed by atoms with Crippen LogP contribution in [0.25, 0.3) is 21.6 Å². The van der Waals surface area contributed by atoms with E-state index in [0.717, 1.165) is 34.1 Å². The summed E-state index contributed by atoms with van der Waals surface area (Å²) < 4.78 is 0. The molecule has 102 valence electrons. The molecule has 0 radical (unpaired) electrons. The van der Waals surface area contributed by atoms with Crippen LogP contribution in [0.2, 0.25) is 0 Å². The summed E-state index contributed by atoms with van der Waals surface area (Å²) in [4.78, 5) is 22.6. The first-order chi connectivity index (χ1) is 10.3. The van der Waals surface area contributed by atoms with Gasteiger partial charge in [0.25, 0.3) is 0 Å². The molecule has 0 atom stereocenters. The van der Waals surface area contributed by atoms with E-state index in [1.54, 1.807) is 11.3 Å². The maximum atomic E-state index is 10.7. The van der Waals surface area contributed by atoms with Crippen molar-refractivity contribution in [1.82, 2.24) is 0 Å². The Morgan fingerprint density at radius 3 is 1.71 bits per heavy atom. The van der Waals surface area contributed by atoms with Gasteiger partial charge in [0.15, 0.2) is 0 Å². The zero-order chi connectivity index (χ0) is 14.7. The number of thiophene rings is 1. The fourth-order valence-corrected chi connectivity index (χ4v) is 3.14. The van der Waals surface area contributed by atoms with Crippen molar-refractivity contribution in [3.63, 3.8) is 0 Å². The third-order valence-electron chi connectivity index (χ3n) is 3.33. The van der Waals surface area contributed by atoms with Gasteiger partial charge in [0, 0.05) is 21.6 Å². The second-order valence-corrected chi connectivity index (χ2v) is 5.56. The molecule has 0 aliphatic carbocycles. The summed E-state index contributed by atoms with van der Waals surface area (Å²) in [6, 6.07) is 17.2. The van der Waals surface area contributed by atoms with Crippen LogP contribution in [0.1, 0.15) is 20.7 Å². The fraction of sp³-hybridized carbons (Fsp3) is 0. The van der Waals surface area contributed by atoms with E-state index in [9.17, 15) is 9.59 Å². The van der Waals surface area contributed by atoms with Gasteiger partial charge in [-0.15, -0.1) is 11.3 Å². The van der Waals surface area contributed by atoms with Crippen molar-refractivity contribution >= 4 is 23.9 Å². The average Bonchev–Trinajstić information content (AvgIpc) is 3.04. The minimum atomic E-state index is 0.672. The third-order valence-corrected chi connectivity index (χ3v) is 4.30. The first-order valence-corrected chi connectivity index (χ1v) is 7.38. The standard InChI is InChI=1S/C18H12O2S/c19-11-13-1-5-15(6-2-13)17-9-10-21-18(17)16-7-3-14(12-20)4-8-16/h1-12H. The lowest BCUT2D eigenvalue weighted by Gasteiger charge is -2.05. The van der Waals surface area contributed by atoms with E-state index in [2.05, 4.69) is 6.07 Å². The topological polar surface area (TPSA) is 34.1 Å². The van der Waals surface area contributed by atoms with Crippen LogP contribution in [0.15, 0.2) is 60.0 Å². The van der Waals surface area contributed by atoms with Crippen LogP contribution in [-0.2, 0) is 0 Å². The Bertz CT molecular complexity index is 702. The van der Waals surface area contributed by atoms with Crippen LogP contribution < -0.4 is 0 Å². The summed E-state index contributed by atoms with van der Waals surface area (Å²) in [7, 11) is 0. The zero-order valence-corrected chi connectivity index (χ0v) is 12.0. The largest absolute Gasteiger partial charge is 0.298 e. The van der Waals surface area contributed by atoms with Gasteiger partial charge in [-0.2, -0.15) is 0 Å². The van der Waals surface area contributed by atoms with Gasteiger partial charge < -0.3 is 0 Å². The van der Waals surface area contributed by atoms with Crippen LogP contribution in [0, 0.1) is 0 Å². The molecule has 0 fully saturated rings. The van der Waals surface area contributed by atoms with Crippen LogP contribution in [0.3, 0.4) is 0 Å². The molecule has 3 aromatic rings. The molecule has 1 heterocycles. The van der Waals surface area contributed by atoms with E-state index in [0.29, 0.717) is 11.1 Å². The van der Waals surface area contributed by atoms with E-state index in [4.69, 9.17) is 0 Å². The van der Waals surface area contributed by atoms with Crippen molar-refractivity contribution < 1.29 is 9.59 Å². The summed E-state index contributed by atoms with van der Waals surface area (Å²) in [6.45, 7) is 0. The van der Waals surface area contributed by atoms with Crippen molar-refractivity contribution in [2.24, 2.45) is 0 Å². The van der Waals surface area contributed by atoms with Crippen LogP contribution in [-0.4, -0.2) is 12.6 Å². The molecule has 0 aliphatic rings. The Kier molecular flexibility index (Phi) is 3.75. The predicted octanol–water partition coefficient (Wildman–Crippen LogP) is 4.71. The molecule has 2 aromatic carbocycles. The number of rotatable bonds is 4. The van der Waals surface area contributed by atoms with Crippen molar-refractivity contribution in [2.75, 3.05) is 0 Å². The van der Waals surface area contributed by atoms with Gasteiger partial charge in [0.2, 0.25) is 0 Å². The minimum Gasteiger partial charge on any atom is -0.298 e. The van der Waals surface area contributed by atoms with Crippen molar-refractivity contribution in [2.45, 2.75) is 0 Å². The summed E-state index contributed by atoms with van der Waals surface area (Å²) in [5, 5.41) is 2.05. The molecule has 0 saturated carbocycles. The summed E-state index contributed by atoms with van der Waals surface area (Å²) in [5.74, 6) is 0. The molecule has 0 N–H and O–H groups in total. The van der Waals surface area contributed by atoms with Gasteiger partial charge >= 0.3 is 0 Å². The van der Waals surface area contributed by atoms with Gasteiger partial charge in [0.05, 0.1) is 0 Å². The average molecular weight is 292 g/mol. The molecule has 0 amide bonds. The van der Waals surface area contributed by atoms with Gasteiger partial charge in [0.1, 0.15) is 12.6 Å². The second-order valence-electron chi connectivity index (χ2n) is 4.64. The minimum absolute atomic E-state index is 0.672. The summed E-state index contributed by atoms with van der Waals surface area (Å²) in [6.07, 6.45) is 1.69. The Balaban J connectivity index is 2.02. The first-order valence-electron chi connectivity index (χ1n) is 6.50. The third kappa shape index (κ3) is 2.69. The second kappa shape index (κ2) is 5.85. The lowest BCUT2D eigenvalue weighted by molar-refractivity contribution is 0.111. The Hall–Kier alpha value is -2.52. The van der Waals surface area contributed by atoms with E-state index in [1.807, 2.05) is 53.9 Å². The van der Waals surface area contributed by atoms with Crippen molar-refractivity contribution in [3.8, 4) is 21.6 Å². The van der Waals surface area contributed by atoms with E-state index >= 15 is 0 Å². The normalized spacial score (nSPS) is 10.3. The molecule has 21 heavy (non-hydrogen) atoms. The van der Waals surface area contributed by atoms with Crippen LogP contribution >= 0.6 is 11.3 Å². The number of aldehydes is 2. The predicted molar refractivity (Wildman–Crippen MR) is 86.0 cm³/mol. The highest BCUT2D eigenvalue weighted by Crippen LogP contribution is 2.36. The molecular formula is C18H12O2S. The van der Waals surface area contributed by atoms with Crippen molar-refractivity contribution in [1.29, 1.82) is 0 Å². The molecule has 0 aliphatic heterocycles. The number of carbonyl (C=O) groups excluding carboxylic acids is 2. The maximum absolute atomic E-state index is 10.7. The SMILES string of the molecule is O=Cc1ccc(-c2ccsc2-c2ccc(C=O)cc2)cc1. The smallest absolute Gasteiger partial charge is 0.150 e. The molecule has 0 unspecified atom stereocenters. The monoisotopic (exact) mass is 292 g/mol. The number of carbonyl (C=O) groups is 2. The number of benzene rings is 2. The number of hydrogen-bond donors (Lipinski definition) is 0. The zero-order valence-electron chi connectivity index (χ0n) is 11.2. The number of hydrogen-bond acceptors (Lipinski definition) is 3. The molecule has 2 nitrogen and oxygen atoms in total. The lowest BCUT2D eigenvalue weighted by Crippen LogP contribution is -1.83. The maximum Gasteiger partial charge on any atom is 0.150 e. The van der Waals surface area contributed by atoms with E-state index in [-0.39, 0.29) is 0 Å². The van der Waals surface area contributed by atoms with Gasteiger partial charge in [-0.25, -0.2) is 0 Å². The van der Waals surface area contributed by atoms with Crippen molar-refractivity contribution in [3.05, 3.63) is 71.1 Å². The molecule has 0 bridgehead atoms. The van der Waals surface area contributed by atoms with Gasteiger partial charge in [-0.3, -0.25) is 9.59 Å². The highest BCUT2D eigenvalue weighted by atomic mass is 32.1. The highest BCUT2D eigenvalue weighted by Gasteiger charge is 2.09. The van der Waals surface area contributed by atoms with Crippen LogP contribution in [0.4, 0.5) is 0 Å². The van der Waals surface area contributed by atoms with Gasteiger partial charge in [-0.05, 0) is 22.6 Å². The summed E-state index contributed by atoms with van der Waals surface area (Å²) in [5.41, 5.74) is 4.65. The molecule has 3 heteroatoms. The van der Waals surface area contributed by atoms with Crippen LogP contribution in [0.5, 0.6) is 0 Å². The van der Waals surface area contributed by atoms with E-state index in [1.165, 1.54) is 0 Å². The fourth-order valence-electron chi connectivity index (χ4n) is 2.21. The quantitative estimate of drug-likeness (QED) is 0.653. The Morgan fingerprint density at radius 2 is 1.19 bits per heavy atom. The Labute approximate surface area is 126 Å². The molecule has 3 rings (SSSR count). The first kappa shape index (κ1) is 13.5. The molecule has 0 spiro atoms. The lowest BCUT2D eigenvalue weighted by atomic mass is 10.0. The van der Waals surface area contributed by atoms with E-state index < -0.39 is 0 Å². The molecular weight excluding hydrogens is 280 g/mol. The highest BCUT2D eigenvalue weighted by molar-refractivity contribution is 7.14.